The van der Waals surface area contributed by atoms with Crippen molar-refractivity contribution >= 4 is 28.6 Å². The Balaban J connectivity index is 2.10. The van der Waals surface area contributed by atoms with E-state index in [1.54, 1.807) is 6.07 Å². The zero-order valence-corrected chi connectivity index (χ0v) is 17.9. The lowest BCUT2D eigenvalue weighted by Gasteiger charge is -2.20. The molecule has 8 heteroatoms. The Labute approximate surface area is 184 Å². The molecule has 162 valence electrons. The predicted octanol–water partition coefficient (Wildman–Crippen LogP) is 3.93. The van der Waals surface area contributed by atoms with E-state index in [0.29, 0.717) is 28.0 Å². The van der Waals surface area contributed by atoms with E-state index < -0.39 is 5.97 Å². The summed E-state index contributed by atoms with van der Waals surface area (Å²) in [5.41, 5.74) is 15.8. The van der Waals surface area contributed by atoms with Crippen LogP contribution in [0.3, 0.4) is 0 Å². The molecule has 0 aliphatic rings. The van der Waals surface area contributed by atoms with Gasteiger partial charge in [-0.3, -0.25) is 0 Å². The summed E-state index contributed by atoms with van der Waals surface area (Å²) in [6.45, 7) is 0. The normalized spacial score (nSPS) is 10.7. The number of ether oxygens (including phenoxy) is 3. The average Bonchev–Trinajstić information content (AvgIpc) is 2.82. The summed E-state index contributed by atoms with van der Waals surface area (Å²) in [7, 11) is 4.31. The Morgan fingerprint density at radius 2 is 1.62 bits per heavy atom. The first-order chi connectivity index (χ1) is 15.5. The molecule has 8 nitrogen and oxygen atoms in total. The lowest BCUT2D eigenvalue weighted by atomic mass is 9.90. The van der Waals surface area contributed by atoms with Gasteiger partial charge in [0.25, 0.3) is 0 Å². The SMILES string of the molecule is COC(=O)c1c(OC)cc(-c2ccc3nc(N)nc(N)c3c2)c(-c2ccccc2)c1OC. The minimum absolute atomic E-state index is 0.110. The van der Waals surface area contributed by atoms with Crippen molar-refractivity contribution in [2.24, 2.45) is 0 Å². The standard InChI is InChI=1S/C24H22N4O4/c1-30-18-12-15(14-9-10-17-16(11-14)22(25)28-24(26)27-17)19(13-7-5-4-6-8-13)21(31-2)20(18)23(29)32-3/h4-12H,1-3H3,(H4,25,26,27,28). The first-order valence-electron chi connectivity index (χ1n) is 9.74. The molecular formula is C24H22N4O4. The van der Waals surface area contributed by atoms with Crippen molar-refractivity contribution in [2.75, 3.05) is 32.8 Å². The molecule has 0 fully saturated rings. The highest BCUT2D eigenvalue weighted by atomic mass is 16.5. The van der Waals surface area contributed by atoms with Gasteiger partial charge in [-0.1, -0.05) is 36.4 Å². The molecule has 4 rings (SSSR count). The Hall–Kier alpha value is -4.33. The summed E-state index contributed by atoms with van der Waals surface area (Å²) < 4.78 is 16.3. The topological polar surface area (TPSA) is 123 Å². The number of hydrogen-bond acceptors (Lipinski definition) is 8. The second kappa shape index (κ2) is 8.43. The van der Waals surface area contributed by atoms with Gasteiger partial charge in [0.15, 0.2) is 0 Å². The third kappa shape index (κ3) is 3.51. The van der Waals surface area contributed by atoms with Crippen LogP contribution in [-0.2, 0) is 4.74 Å². The molecule has 32 heavy (non-hydrogen) atoms. The van der Waals surface area contributed by atoms with Crippen LogP contribution >= 0.6 is 0 Å². The van der Waals surface area contributed by atoms with Gasteiger partial charge in [0.1, 0.15) is 22.9 Å². The molecule has 0 spiro atoms. The minimum Gasteiger partial charge on any atom is -0.496 e. The van der Waals surface area contributed by atoms with Gasteiger partial charge in [0.05, 0.1) is 26.8 Å². The van der Waals surface area contributed by atoms with Crippen LogP contribution in [0.1, 0.15) is 10.4 Å². The van der Waals surface area contributed by atoms with Gasteiger partial charge < -0.3 is 25.7 Å². The van der Waals surface area contributed by atoms with Crippen LogP contribution in [0.25, 0.3) is 33.2 Å². The molecular weight excluding hydrogens is 408 g/mol. The summed E-state index contributed by atoms with van der Waals surface area (Å²) in [6.07, 6.45) is 0. The Morgan fingerprint density at radius 3 is 2.28 bits per heavy atom. The van der Waals surface area contributed by atoms with Gasteiger partial charge in [-0.25, -0.2) is 9.78 Å². The third-order valence-electron chi connectivity index (χ3n) is 5.17. The Morgan fingerprint density at radius 1 is 0.875 bits per heavy atom. The number of aromatic nitrogens is 2. The van der Waals surface area contributed by atoms with Crippen LogP contribution in [0.4, 0.5) is 11.8 Å². The fourth-order valence-corrected chi connectivity index (χ4v) is 3.75. The molecule has 4 N–H and O–H groups in total. The Kier molecular flexibility index (Phi) is 5.51. The maximum absolute atomic E-state index is 12.6. The largest absolute Gasteiger partial charge is 0.496 e. The van der Waals surface area contributed by atoms with Crippen LogP contribution < -0.4 is 20.9 Å². The van der Waals surface area contributed by atoms with E-state index in [-0.39, 0.29) is 17.3 Å². The van der Waals surface area contributed by atoms with Crippen molar-refractivity contribution in [3.63, 3.8) is 0 Å². The van der Waals surface area contributed by atoms with Gasteiger partial charge in [-0.15, -0.1) is 0 Å². The third-order valence-corrected chi connectivity index (χ3v) is 5.17. The number of nitrogens with zero attached hydrogens (tertiary/aromatic N) is 2. The number of benzene rings is 3. The van der Waals surface area contributed by atoms with E-state index in [0.717, 1.165) is 16.7 Å². The molecule has 0 aliphatic carbocycles. The number of fused-ring (bicyclic) bond motifs is 1. The van der Waals surface area contributed by atoms with Gasteiger partial charge in [-0.2, -0.15) is 4.98 Å². The number of carbonyl (C=O) groups excluding carboxylic acids is 1. The van der Waals surface area contributed by atoms with Gasteiger partial charge in [-0.05, 0) is 34.9 Å². The van der Waals surface area contributed by atoms with Crippen LogP contribution in [-0.4, -0.2) is 37.3 Å². The number of nitrogen functional groups attached to an aromatic ring is 2. The van der Waals surface area contributed by atoms with Crippen molar-refractivity contribution in [1.29, 1.82) is 0 Å². The van der Waals surface area contributed by atoms with Gasteiger partial charge >= 0.3 is 5.97 Å². The van der Waals surface area contributed by atoms with E-state index in [1.165, 1.54) is 21.3 Å². The van der Waals surface area contributed by atoms with E-state index in [2.05, 4.69) is 9.97 Å². The predicted molar refractivity (Wildman–Crippen MR) is 124 cm³/mol. The molecule has 0 amide bonds. The molecule has 1 aromatic heterocycles. The van der Waals surface area contributed by atoms with Gasteiger partial charge in [0.2, 0.25) is 5.95 Å². The molecule has 4 aromatic rings. The zero-order chi connectivity index (χ0) is 22.8. The smallest absolute Gasteiger partial charge is 0.345 e. The van der Waals surface area contributed by atoms with Crippen molar-refractivity contribution in [1.82, 2.24) is 9.97 Å². The number of hydrogen-bond donors (Lipinski definition) is 2. The molecule has 3 aromatic carbocycles. The summed E-state index contributed by atoms with van der Waals surface area (Å²) in [5.74, 6) is 0.498. The van der Waals surface area contributed by atoms with E-state index in [9.17, 15) is 4.79 Å². The molecule has 0 aliphatic heterocycles. The molecule has 0 atom stereocenters. The van der Waals surface area contributed by atoms with Crippen molar-refractivity contribution in [3.05, 3.63) is 60.2 Å². The highest BCUT2D eigenvalue weighted by Gasteiger charge is 2.27. The molecule has 0 saturated heterocycles. The van der Waals surface area contributed by atoms with Crippen LogP contribution in [0.5, 0.6) is 11.5 Å². The Bertz CT molecular complexity index is 1320. The quantitative estimate of drug-likeness (QED) is 0.457. The summed E-state index contributed by atoms with van der Waals surface area (Å²) >= 11 is 0. The summed E-state index contributed by atoms with van der Waals surface area (Å²) in [5, 5.41) is 0.658. The van der Waals surface area contributed by atoms with Gasteiger partial charge in [0, 0.05) is 10.9 Å². The fourth-order valence-electron chi connectivity index (χ4n) is 3.75. The molecule has 1 heterocycles. The van der Waals surface area contributed by atoms with Crippen LogP contribution in [0.15, 0.2) is 54.6 Å². The number of methoxy groups -OCH3 is 3. The molecule has 0 unspecified atom stereocenters. The number of esters is 1. The maximum Gasteiger partial charge on any atom is 0.345 e. The van der Waals surface area contributed by atoms with Crippen LogP contribution in [0, 0.1) is 0 Å². The van der Waals surface area contributed by atoms with E-state index >= 15 is 0 Å². The second-order valence-electron chi connectivity index (χ2n) is 6.97. The molecule has 0 bridgehead atoms. The van der Waals surface area contributed by atoms with Crippen molar-refractivity contribution < 1.29 is 19.0 Å². The van der Waals surface area contributed by atoms with Crippen molar-refractivity contribution in [3.8, 4) is 33.8 Å². The molecule has 0 saturated carbocycles. The van der Waals surface area contributed by atoms with Crippen molar-refractivity contribution in [2.45, 2.75) is 0 Å². The van der Waals surface area contributed by atoms with Crippen LogP contribution in [0.2, 0.25) is 0 Å². The maximum atomic E-state index is 12.6. The molecule has 0 radical (unpaired) electrons. The monoisotopic (exact) mass is 430 g/mol. The summed E-state index contributed by atoms with van der Waals surface area (Å²) in [6, 6.07) is 17.0. The number of nitrogens with two attached hydrogens (primary N) is 2. The van der Waals surface area contributed by atoms with E-state index in [4.69, 9.17) is 25.7 Å². The first-order valence-corrected chi connectivity index (χ1v) is 9.74. The highest BCUT2D eigenvalue weighted by Crippen LogP contribution is 2.46. The number of carbonyl (C=O) groups is 1. The number of rotatable bonds is 5. The highest BCUT2D eigenvalue weighted by molar-refractivity contribution is 6.03. The van der Waals surface area contributed by atoms with E-state index in [1.807, 2.05) is 48.5 Å². The fraction of sp³-hybridized carbons (Fsp3) is 0.125. The lowest BCUT2D eigenvalue weighted by molar-refractivity contribution is 0.0593. The minimum atomic E-state index is -0.561. The average molecular weight is 430 g/mol. The second-order valence-corrected chi connectivity index (χ2v) is 6.97. The zero-order valence-electron chi connectivity index (χ0n) is 17.9. The first kappa shape index (κ1) is 20.9. The number of anilines is 2. The lowest BCUT2D eigenvalue weighted by Crippen LogP contribution is -2.09. The summed E-state index contributed by atoms with van der Waals surface area (Å²) in [4.78, 5) is 20.9.